The predicted octanol–water partition coefficient (Wildman–Crippen LogP) is 4.20. The van der Waals surface area contributed by atoms with Crippen LogP contribution in [0.1, 0.15) is 5.56 Å². The zero-order valence-corrected chi connectivity index (χ0v) is 17.1. The molecule has 2 aromatic carbocycles. The van der Waals surface area contributed by atoms with Crippen LogP contribution in [0.25, 0.3) is 6.08 Å². The lowest BCUT2D eigenvalue weighted by molar-refractivity contribution is -0.142. The van der Waals surface area contributed by atoms with Crippen LogP contribution in [0.4, 0.5) is 5.69 Å². The van der Waals surface area contributed by atoms with Gasteiger partial charge in [-0.25, -0.2) is 4.79 Å². The van der Waals surface area contributed by atoms with Crippen molar-refractivity contribution in [3.8, 4) is 5.75 Å². The fraction of sp³-hybridized carbons (Fsp3) is 0.0556. The summed E-state index contributed by atoms with van der Waals surface area (Å²) < 4.78 is 4.93. The first-order valence-corrected chi connectivity index (χ1v) is 9.14. The summed E-state index contributed by atoms with van der Waals surface area (Å²) in [5, 5.41) is 12.8. The van der Waals surface area contributed by atoms with Gasteiger partial charge in [-0.05, 0) is 24.3 Å². The van der Waals surface area contributed by atoms with E-state index in [1.54, 1.807) is 18.2 Å². The molecule has 0 radical (unpaired) electrons. The van der Waals surface area contributed by atoms with Gasteiger partial charge in [-0.1, -0.05) is 65.2 Å². The van der Waals surface area contributed by atoms with E-state index in [0.29, 0.717) is 10.6 Å². The van der Waals surface area contributed by atoms with Crippen molar-refractivity contribution in [2.75, 3.05) is 11.9 Å². The van der Waals surface area contributed by atoms with Gasteiger partial charge in [0.2, 0.25) is 0 Å². The van der Waals surface area contributed by atoms with Gasteiger partial charge in [0.05, 0.1) is 21.3 Å². The molecule has 28 heavy (non-hydrogen) atoms. The molecule has 0 aliphatic carbocycles. The van der Waals surface area contributed by atoms with Crippen LogP contribution < -0.4 is 11.1 Å². The zero-order valence-electron chi connectivity index (χ0n) is 14.0. The third-order valence-corrected chi connectivity index (χ3v) is 4.36. The van der Waals surface area contributed by atoms with E-state index >= 15 is 0 Å². The first-order valence-electron chi connectivity index (χ1n) is 7.60. The Morgan fingerprint density at radius 2 is 1.79 bits per heavy atom. The van der Waals surface area contributed by atoms with E-state index in [1.165, 1.54) is 24.3 Å². The van der Waals surface area contributed by atoms with Crippen LogP contribution in [-0.2, 0) is 14.3 Å². The molecule has 0 saturated carbocycles. The van der Waals surface area contributed by atoms with Crippen LogP contribution in [0.15, 0.2) is 42.0 Å². The van der Waals surface area contributed by atoms with Crippen LogP contribution in [0.2, 0.25) is 15.1 Å². The molecule has 0 saturated heterocycles. The minimum absolute atomic E-state index is 0.0752. The number of esters is 1. The molecule has 0 unspecified atom stereocenters. The zero-order chi connectivity index (χ0) is 20.8. The molecular formula is C18H13Cl3N2O4S. The fourth-order valence-corrected chi connectivity index (χ4v) is 3.10. The molecule has 0 bridgehead atoms. The van der Waals surface area contributed by atoms with Crippen molar-refractivity contribution < 1.29 is 19.4 Å². The number of hydrogen-bond donors (Lipinski definition) is 3. The Bertz CT molecular complexity index is 956. The Morgan fingerprint density at radius 3 is 2.36 bits per heavy atom. The van der Waals surface area contributed by atoms with Crippen molar-refractivity contribution in [3.05, 3.63) is 62.6 Å². The maximum atomic E-state index is 12.2. The Morgan fingerprint density at radius 1 is 1.18 bits per heavy atom. The van der Waals surface area contributed by atoms with Gasteiger partial charge in [0.25, 0.3) is 5.91 Å². The first-order chi connectivity index (χ1) is 13.2. The van der Waals surface area contributed by atoms with Gasteiger partial charge >= 0.3 is 5.97 Å². The third-order valence-electron chi connectivity index (χ3n) is 3.33. The number of ether oxygens (including phenoxy) is 1. The van der Waals surface area contributed by atoms with E-state index in [0.717, 1.165) is 0 Å². The van der Waals surface area contributed by atoms with Crippen molar-refractivity contribution in [1.29, 1.82) is 0 Å². The highest BCUT2D eigenvalue weighted by Crippen LogP contribution is 2.33. The summed E-state index contributed by atoms with van der Waals surface area (Å²) >= 11 is 22.6. The maximum absolute atomic E-state index is 12.2. The Hall–Kier alpha value is -2.32. The SMILES string of the molecule is NC(=S)C(=Cc1ccccc1O)C(=O)OCC(=O)Nc1c(Cl)cc(Cl)cc1Cl. The van der Waals surface area contributed by atoms with Crippen LogP contribution in [0.5, 0.6) is 5.75 Å². The lowest BCUT2D eigenvalue weighted by Crippen LogP contribution is -2.25. The summed E-state index contributed by atoms with van der Waals surface area (Å²) in [7, 11) is 0. The molecule has 0 fully saturated rings. The molecule has 0 heterocycles. The molecule has 10 heteroatoms. The normalized spacial score (nSPS) is 11.0. The number of anilines is 1. The van der Waals surface area contributed by atoms with Crippen molar-refractivity contribution in [2.45, 2.75) is 0 Å². The third kappa shape index (κ3) is 5.84. The summed E-state index contributed by atoms with van der Waals surface area (Å²) in [6, 6.07) is 9.05. The average Bonchev–Trinajstić information content (AvgIpc) is 2.61. The molecule has 6 nitrogen and oxygen atoms in total. The molecular weight excluding hydrogens is 447 g/mol. The van der Waals surface area contributed by atoms with Crippen molar-refractivity contribution in [2.24, 2.45) is 5.73 Å². The molecule has 0 aliphatic heterocycles. The lowest BCUT2D eigenvalue weighted by atomic mass is 10.1. The van der Waals surface area contributed by atoms with Gasteiger partial charge in [0.1, 0.15) is 10.7 Å². The van der Waals surface area contributed by atoms with Crippen LogP contribution in [0.3, 0.4) is 0 Å². The Kier molecular flexibility index (Phi) is 7.65. The van der Waals surface area contributed by atoms with Gasteiger partial charge in [-0.2, -0.15) is 0 Å². The van der Waals surface area contributed by atoms with E-state index in [1.807, 2.05) is 0 Å². The molecule has 0 atom stereocenters. The highest BCUT2D eigenvalue weighted by atomic mass is 35.5. The van der Waals surface area contributed by atoms with Crippen LogP contribution in [-0.4, -0.2) is 28.6 Å². The number of thiocarbonyl (C=S) groups is 1. The number of carbonyl (C=O) groups excluding carboxylic acids is 2. The van der Waals surface area contributed by atoms with Crippen molar-refractivity contribution in [3.63, 3.8) is 0 Å². The summed E-state index contributed by atoms with van der Waals surface area (Å²) in [6.07, 6.45) is 1.27. The predicted molar refractivity (Wildman–Crippen MR) is 114 cm³/mol. The first kappa shape index (κ1) is 22.0. The molecule has 2 rings (SSSR count). The van der Waals surface area contributed by atoms with E-state index in [-0.39, 0.29) is 32.0 Å². The number of hydrogen-bond acceptors (Lipinski definition) is 5. The van der Waals surface area contributed by atoms with Crippen molar-refractivity contribution in [1.82, 2.24) is 0 Å². The van der Waals surface area contributed by atoms with E-state index in [9.17, 15) is 14.7 Å². The number of aromatic hydroxyl groups is 1. The number of phenolic OH excluding ortho intramolecular Hbond substituents is 1. The van der Waals surface area contributed by atoms with Gasteiger partial charge in [-0.15, -0.1) is 0 Å². The topological polar surface area (TPSA) is 102 Å². The summed E-state index contributed by atoms with van der Waals surface area (Å²) in [6.45, 7) is -0.644. The standard InChI is InChI=1S/C18H13Cl3N2O4S/c19-10-6-12(20)16(13(21)7-10)23-15(25)8-27-18(26)11(17(22)28)5-9-3-1-2-4-14(9)24/h1-7,24H,8H2,(H2,22,28)(H,23,25). The molecule has 2 aromatic rings. The van der Waals surface area contributed by atoms with Gasteiger partial charge in [-0.3, -0.25) is 4.79 Å². The number of para-hydroxylation sites is 1. The second-order valence-electron chi connectivity index (χ2n) is 5.35. The smallest absolute Gasteiger partial charge is 0.341 e. The van der Waals surface area contributed by atoms with E-state index < -0.39 is 18.5 Å². The summed E-state index contributed by atoms with van der Waals surface area (Å²) in [4.78, 5) is 24.0. The minimum Gasteiger partial charge on any atom is -0.507 e. The van der Waals surface area contributed by atoms with Gasteiger partial charge in [0.15, 0.2) is 6.61 Å². The molecule has 0 aromatic heterocycles. The number of halogens is 3. The van der Waals surface area contributed by atoms with E-state index in [4.69, 9.17) is 57.5 Å². The van der Waals surface area contributed by atoms with Gasteiger partial charge in [0, 0.05) is 10.6 Å². The van der Waals surface area contributed by atoms with Crippen LogP contribution >= 0.6 is 47.0 Å². The molecule has 0 spiro atoms. The number of nitrogens with two attached hydrogens (primary N) is 1. The van der Waals surface area contributed by atoms with Crippen LogP contribution in [0, 0.1) is 0 Å². The number of phenols is 1. The number of benzene rings is 2. The second kappa shape index (κ2) is 9.75. The number of carbonyl (C=O) groups is 2. The Labute approximate surface area is 180 Å². The molecule has 1 amide bonds. The maximum Gasteiger partial charge on any atom is 0.341 e. The van der Waals surface area contributed by atoms with Gasteiger partial charge < -0.3 is 20.9 Å². The number of nitrogens with one attached hydrogen (secondary N) is 1. The number of amides is 1. The fourth-order valence-electron chi connectivity index (χ4n) is 2.04. The molecule has 146 valence electrons. The van der Waals surface area contributed by atoms with E-state index in [2.05, 4.69) is 5.32 Å². The average molecular weight is 460 g/mol. The Balaban J connectivity index is 2.08. The molecule has 0 aliphatic rings. The highest BCUT2D eigenvalue weighted by Gasteiger charge is 2.18. The monoisotopic (exact) mass is 458 g/mol. The summed E-state index contributed by atoms with van der Waals surface area (Å²) in [5.74, 6) is -1.70. The summed E-state index contributed by atoms with van der Waals surface area (Å²) in [5.41, 5.74) is 5.82. The highest BCUT2D eigenvalue weighted by molar-refractivity contribution is 7.80. The second-order valence-corrected chi connectivity index (χ2v) is 7.04. The largest absolute Gasteiger partial charge is 0.507 e. The quantitative estimate of drug-likeness (QED) is 0.340. The lowest BCUT2D eigenvalue weighted by Gasteiger charge is -2.11. The number of rotatable bonds is 6. The minimum atomic E-state index is -0.931. The molecule has 4 N–H and O–H groups in total. The van der Waals surface area contributed by atoms with Crippen molar-refractivity contribution >= 4 is 75.6 Å².